The third kappa shape index (κ3) is 3.15. The zero-order chi connectivity index (χ0) is 15.8. The molecule has 1 aliphatic rings. The average Bonchev–Trinajstić information content (AvgIpc) is 2.66. The SMILES string of the molecule is CC1(C)OB(c2cccc(C(O)C(O)CN)c2)OC1(C)C. The van der Waals surface area contributed by atoms with Crippen LogP contribution in [0.3, 0.4) is 0 Å². The van der Waals surface area contributed by atoms with Gasteiger partial charge >= 0.3 is 7.12 Å². The van der Waals surface area contributed by atoms with Crippen LogP contribution in [0.2, 0.25) is 0 Å². The van der Waals surface area contributed by atoms with Gasteiger partial charge in [-0.15, -0.1) is 0 Å². The Morgan fingerprint density at radius 2 is 1.71 bits per heavy atom. The highest BCUT2D eigenvalue weighted by molar-refractivity contribution is 6.62. The molecule has 1 aromatic carbocycles. The molecule has 5 nitrogen and oxygen atoms in total. The van der Waals surface area contributed by atoms with Gasteiger partial charge in [-0.05, 0) is 38.7 Å². The minimum absolute atomic E-state index is 0.00187. The Labute approximate surface area is 126 Å². The number of aliphatic hydroxyl groups is 2. The molecule has 0 aliphatic carbocycles. The molecule has 2 unspecified atom stereocenters. The van der Waals surface area contributed by atoms with Crippen LogP contribution in [0.15, 0.2) is 24.3 Å². The van der Waals surface area contributed by atoms with Crippen LogP contribution in [-0.2, 0) is 9.31 Å². The highest BCUT2D eigenvalue weighted by Crippen LogP contribution is 2.36. The standard InChI is InChI=1S/C15H24BNO4/c1-14(2)15(3,4)21-16(20-14)11-7-5-6-10(8-11)13(19)12(18)9-17/h5-8,12-13,18-19H,9,17H2,1-4H3. The summed E-state index contributed by atoms with van der Waals surface area (Å²) in [5, 5.41) is 19.7. The van der Waals surface area contributed by atoms with E-state index in [0.29, 0.717) is 5.56 Å². The molecule has 4 N–H and O–H groups in total. The van der Waals surface area contributed by atoms with E-state index in [2.05, 4.69) is 0 Å². The summed E-state index contributed by atoms with van der Waals surface area (Å²) >= 11 is 0. The van der Waals surface area contributed by atoms with E-state index >= 15 is 0 Å². The zero-order valence-electron chi connectivity index (χ0n) is 13.0. The lowest BCUT2D eigenvalue weighted by atomic mass is 9.78. The number of hydrogen-bond acceptors (Lipinski definition) is 5. The third-order valence-corrected chi connectivity index (χ3v) is 4.38. The molecule has 1 aromatic rings. The van der Waals surface area contributed by atoms with Gasteiger partial charge in [-0.3, -0.25) is 0 Å². The van der Waals surface area contributed by atoms with Crippen molar-refractivity contribution in [3.8, 4) is 0 Å². The molecule has 6 heteroatoms. The molecule has 1 fully saturated rings. The molecule has 21 heavy (non-hydrogen) atoms. The van der Waals surface area contributed by atoms with Crippen molar-refractivity contribution in [2.24, 2.45) is 5.73 Å². The van der Waals surface area contributed by atoms with Crippen molar-refractivity contribution in [2.45, 2.75) is 51.1 Å². The molecule has 2 atom stereocenters. The molecule has 0 saturated carbocycles. The molecular weight excluding hydrogens is 269 g/mol. The molecular formula is C15H24BNO4. The Bertz CT molecular complexity index is 490. The molecule has 1 aliphatic heterocycles. The Balaban J connectivity index is 2.23. The van der Waals surface area contributed by atoms with Crippen molar-refractivity contribution in [2.75, 3.05) is 6.54 Å². The number of aliphatic hydroxyl groups excluding tert-OH is 2. The van der Waals surface area contributed by atoms with Crippen LogP contribution in [0.1, 0.15) is 39.4 Å². The highest BCUT2D eigenvalue weighted by atomic mass is 16.7. The van der Waals surface area contributed by atoms with Gasteiger partial charge in [0.25, 0.3) is 0 Å². The molecule has 0 spiro atoms. The fourth-order valence-electron chi connectivity index (χ4n) is 2.22. The summed E-state index contributed by atoms with van der Waals surface area (Å²) in [6.45, 7) is 7.96. The van der Waals surface area contributed by atoms with Crippen molar-refractivity contribution >= 4 is 12.6 Å². The maximum Gasteiger partial charge on any atom is 0.494 e. The monoisotopic (exact) mass is 293 g/mol. The number of rotatable bonds is 4. The van der Waals surface area contributed by atoms with Gasteiger partial charge in [0.2, 0.25) is 0 Å². The summed E-state index contributed by atoms with van der Waals surface area (Å²) in [6, 6.07) is 7.22. The van der Waals surface area contributed by atoms with Crippen molar-refractivity contribution < 1.29 is 19.5 Å². The van der Waals surface area contributed by atoms with E-state index < -0.39 is 30.5 Å². The largest absolute Gasteiger partial charge is 0.494 e. The Kier molecular flexibility index (Phi) is 4.47. The molecule has 1 heterocycles. The summed E-state index contributed by atoms with van der Waals surface area (Å²) in [5.41, 5.74) is 5.97. The molecule has 0 amide bonds. The maximum absolute atomic E-state index is 10.0. The molecule has 2 rings (SSSR count). The van der Waals surface area contributed by atoms with Gasteiger partial charge in [-0.1, -0.05) is 24.3 Å². The van der Waals surface area contributed by atoms with Crippen LogP contribution >= 0.6 is 0 Å². The average molecular weight is 293 g/mol. The Morgan fingerprint density at radius 3 is 2.24 bits per heavy atom. The van der Waals surface area contributed by atoms with Crippen LogP contribution in [0.4, 0.5) is 0 Å². The lowest BCUT2D eigenvalue weighted by molar-refractivity contribution is 0.00578. The molecule has 0 bridgehead atoms. The Morgan fingerprint density at radius 1 is 1.14 bits per heavy atom. The Hall–Kier alpha value is -0.915. The van der Waals surface area contributed by atoms with E-state index in [9.17, 15) is 10.2 Å². The number of nitrogens with two attached hydrogens (primary N) is 1. The first-order valence-electron chi connectivity index (χ1n) is 7.19. The second-order valence-corrected chi connectivity index (χ2v) is 6.51. The summed E-state index contributed by atoms with van der Waals surface area (Å²) in [4.78, 5) is 0. The summed E-state index contributed by atoms with van der Waals surface area (Å²) < 4.78 is 12.0. The maximum atomic E-state index is 10.0. The van der Waals surface area contributed by atoms with E-state index in [1.165, 1.54) is 0 Å². The fourth-order valence-corrected chi connectivity index (χ4v) is 2.22. The van der Waals surface area contributed by atoms with Gasteiger partial charge in [0, 0.05) is 6.54 Å². The zero-order valence-corrected chi connectivity index (χ0v) is 13.0. The van der Waals surface area contributed by atoms with Gasteiger partial charge < -0.3 is 25.3 Å². The van der Waals surface area contributed by atoms with E-state index in [1.54, 1.807) is 12.1 Å². The van der Waals surface area contributed by atoms with Gasteiger partial charge in [0.05, 0.1) is 17.3 Å². The van der Waals surface area contributed by atoms with Gasteiger partial charge in [-0.2, -0.15) is 0 Å². The van der Waals surface area contributed by atoms with Crippen LogP contribution < -0.4 is 11.2 Å². The number of hydrogen-bond donors (Lipinski definition) is 3. The van der Waals surface area contributed by atoms with E-state index in [-0.39, 0.29) is 6.54 Å². The van der Waals surface area contributed by atoms with Crippen LogP contribution in [-0.4, -0.2) is 41.2 Å². The normalized spacial score (nSPS) is 23.1. The minimum atomic E-state index is -1.02. The fraction of sp³-hybridized carbons (Fsp3) is 0.600. The first-order chi connectivity index (χ1) is 9.68. The molecule has 1 saturated heterocycles. The van der Waals surface area contributed by atoms with Gasteiger partial charge in [0.1, 0.15) is 6.10 Å². The van der Waals surface area contributed by atoms with Crippen LogP contribution in [0, 0.1) is 0 Å². The van der Waals surface area contributed by atoms with Gasteiger partial charge in [-0.25, -0.2) is 0 Å². The minimum Gasteiger partial charge on any atom is -0.399 e. The molecule has 0 radical (unpaired) electrons. The first-order valence-corrected chi connectivity index (χ1v) is 7.19. The summed E-state index contributed by atoms with van der Waals surface area (Å²) in [6.07, 6.45) is -2.00. The lowest BCUT2D eigenvalue weighted by Crippen LogP contribution is -2.41. The van der Waals surface area contributed by atoms with Crippen molar-refractivity contribution in [1.29, 1.82) is 0 Å². The number of benzene rings is 1. The van der Waals surface area contributed by atoms with Gasteiger partial charge in [0.15, 0.2) is 0 Å². The smallest absolute Gasteiger partial charge is 0.399 e. The lowest BCUT2D eigenvalue weighted by Gasteiger charge is -2.32. The molecule has 116 valence electrons. The predicted molar refractivity (Wildman–Crippen MR) is 82.2 cm³/mol. The predicted octanol–water partition coefficient (Wildman–Crippen LogP) is 0.339. The van der Waals surface area contributed by atoms with E-state index in [4.69, 9.17) is 15.0 Å². The van der Waals surface area contributed by atoms with Crippen molar-refractivity contribution in [3.63, 3.8) is 0 Å². The quantitative estimate of drug-likeness (QED) is 0.697. The summed E-state index contributed by atoms with van der Waals surface area (Å²) in [5.74, 6) is 0. The summed E-state index contributed by atoms with van der Waals surface area (Å²) in [7, 11) is -0.489. The topological polar surface area (TPSA) is 84.9 Å². The van der Waals surface area contributed by atoms with Crippen LogP contribution in [0.25, 0.3) is 0 Å². The van der Waals surface area contributed by atoms with Crippen LogP contribution in [0.5, 0.6) is 0 Å². The highest BCUT2D eigenvalue weighted by Gasteiger charge is 2.51. The van der Waals surface area contributed by atoms with E-state index in [1.807, 2.05) is 39.8 Å². The second kappa shape index (κ2) is 5.70. The first kappa shape index (κ1) is 16.5. The molecule has 0 aromatic heterocycles. The van der Waals surface area contributed by atoms with E-state index in [0.717, 1.165) is 5.46 Å². The van der Waals surface area contributed by atoms with Crippen molar-refractivity contribution in [3.05, 3.63) is 29.8 Å². The second-order valence-electron chi connectivity index (χ2n) is 6.51. The third-order valence-electron chi connectivity index (χ3n) is 4.38. The van der Waals surface area contributed by atoms with Crippen molar-refractivity contribution in [1.82, 2.24) is 0 Å².